The summed E-state index contributed by atoms with van der Waals surface area (Å²) in [6.45, 7) is 1.49. The minimum Gasteiger partial charge on any atom is -0.480 e. The third-order valence-electron chi connectivity index (χ3n) is 2.75. The predicted molar refractivity (Wildman–Crippen MR) is 63.8 cm³/mol. The second-order valence-corrected chi connectivity index (χ2v) is 6.23. The number of ether oxygens (including phenoxy) is 1. The predicted octanol–water partition coefficient (Wildman–Crippen LogP) is -1.21. The van der Waals surface area contributed by atoms with Crippen LogP contribution in [0.2, 0.25) is 0 Å². The lowest BCUT2D eigenvalue weighted by molar-refractivity contribution is -0.142. The van der Waals surface area contributed by atoms with E-state index in [2.05, 4.69) is 4.74 Å². The van der Waals surface area contributed by atoms with Gasteiger partial charge in [0.1, 0.15) is 6.04 Å². The number of esters is 1. The number of β-amino-alcohol motifs (C(OH)–C–C–N with tert-alkyl or cyclic N) is 1. The molecule has 1 saturated heterocycles. The van der Waals surface area contributed by atoms with Crippen molar-refractivity contribution in [2.45, 2.75) is 31.9 Å². The highest BCUT2D eigenvalue weighted by Crippen LogP contribution is 2.22. The van der Waals surface area contributed by atoms with Crippen molar-refractivity contribution in [1.82, 2.24) is 4.31 Å². The lowest BCUT2D eigenvalue weighted by atomic mass is 10.2. The number of carbonyl (C=O) groups is 2. The molecule has 0 saturated carbocycles. The van der Waals surface area contributed by atoms with E-state index in [0.717, 1.165) is 4.31 Å². The molecule has 0 unspecified atom stereocenters. The zero-order chi connectivity index (χ0) is 14.6. The van der Waals surface area contributed by atoms with Crippen LogP contribution in [0.5, 0.6) is 0 Å². The first-order valence-electron chi connectivity index (χ1n) is 5.84. The van der Waals surface area contributed by atoms with Gasteiger partial charge < -0.3 is 14.9 Å². The fourth-order valence-electron chi connectivity index (χ4n) is 1.88. The van der Waals surface area contributed by atoms with Crippen molar-refractivity contribution in [3.63, 3.8) is 0 Å². The zero-order valence-electron chi connectivity index (χ0n) is 10.5. The van der Waals surface area contributed by atoms with Crippen molar-refractivity contribution in [3.8, 4) is 0 Å². The molecule has 0 radical (unpaired) electrons. The van der Waals surface area contributed by atoms with Crippen molar-refractivity contribution in [3.05, 3.63) is 0 Å². The lowest BCUT2D eigenvalue weighted by Crippen LogP contribution is -2.42. The fraction of sp³-hybridized carbons (Fsp3) is 0.800. The molecule has 0 aromatic carbocycles. The third kappa shape index (κ3) is 4.15. The van der Waals surface area contributed by atoms with Crippen LogP contribution in [0.15, 0.2) is 0 Å². The van der Waals surface area contributed by atoms with E-state index in [1.807, 2.05) is 0 Å². The van der Waals surface area contributed by atoms with Gasteiger partial charge in [0.2, 0.25) is 10.0 Å². The molecular formula is C10H17NO7S. The number of carbonyl (C=O) groups excluding carboxylic acids is 1. The van der Waals surface area contributed by atoms with Crippen molar-refractivity contribution >= 4 is 22.0 Å². The number of sulfonamides is 1. The molecule has 19 heavy (non-hydrogen) atoms. The van der Waals surface area contributed by atoms with Crippen LogP contribution in [0, 0.1) is 0 Å². The maximum atomic E-state index is 11.9. The molecule has 1 aliphatic heterocycles. The first-order chi connectivity index (χ1) is 8.77. The van der Waals surface area contributed by atoms with E-state index >= 15 is 0 Å². The largest absolute Gasteiger partial charge is 0.480 e. The number of aliphatic hydroxyl groups is 1. The standard InChI is InChI=1S/C10H17NO7S/c1-2-18-9(13)3-4-19(16,17)11-6-7(12)5-8(11)10(14)15/h7-8,12H,2-6H2,1H3,(H,14,15)/t7-,8+/m1/s1. The number of aliphatic hydroxyl groups excluding tert-OH is 1. The van der Waals surface area contributed by atoms with Crippen LogP contribution < -0.4 is 0 Å². The van der Waals surface area contributed by atoms with Crippen LogP contribution >= 0.6 is 0 Å². The normalized spacial score (nSPS) is 24.3. The topological polar surface area (TPSA) is 121 Å². The smallest absolute Gasteiger partial charge is 0.322 e. The second kappa shape index (κ2) is 6.31. The Hall–Kier alpha value is -1.19. The van der Waals surface area contributed by atoms with E-state index in [1.165, 1.54) is 0 Å². The maximum Gasteiger partial charge on any atom is 0.322 e. The highest BCUT2D eigenvalue weighted by Gasteiger charge is 2.42. The summed E-state index contributed by atoms with van der Waals surface area (Å²) in [4.78, 5) is 22.0. The quantitative estimate of drug-likeness (QED) is 0.590. The Kier molecular flexibility index (Phi) is 5.27. The van der Waals surface area contributed by atoms with Gasteiger partial charge in [-0.15, -0.1) is 0 Å². The van der Waals surface area contributed by atoms with Gasteiger partial charge >= 0.3 is 11.9 Å². The second-order valence-electron chi connectivity index (χ2n) is 4.18. The number of carboxylic acid groups (broad SMARTS) is 1. The number of hydrogen-bond acceptors (Lipinski definition) is 6. The van der Waals surface area contributed by atoms with Gasteiger partial charge in [-0.3, -0.25) is 9.59 Å². The summed E-state index contributed by atoms with van der Waals surface area (Å²) in [6, 6.07) is -1.28. The van der Waals surface area contributed by atoms with Crippen LogP contribution in [-0.2, 0) is 24.3 Å². The van der Waals surface area contributed by atoms with Gasteiger partial charge in [0.25, 0.3) is 0 Å². The summed E-state index contributed by atoms with van der Waals surface area (Å²) in [5.74, 6) is -2.49. The van der Waals surface area contributed by atoms with Crippen LogP contribution in [0.3, 0.4) is 0 Å². The number of carboxylic acids is 1. The van der Waals surface area contributed by atoms with Crippen molar-refractivity contribution in [2.75, 3.05) is 18.9 Å². The molecule has 0 bridgehead atoms. The molecule has 2 N–H and O–H groups in total. The molecule has 0 aromatic rings. The molecule has 1 fully saturated rings. The Labute approximate surface area is 111 Å². The van der Waals surface area contributed by atoms with Crippen molar-refractivity contribution in [2.24, 2.45) is 0 Å². The number of aliphatic carboxylic acids is 1. The molecule has 8 nitrogen and oxygen atoms in total. The third-order valence-corrected chi connectivity index (χ3v) is 4.58. The molecule has 1 rings (SSSR count). The van der Waals surface area contributed by atoms with Gasteiger partial charge in [-0.05, 0) is 6.92 Å². The molecule has 0 amide bonds. The minimum atomic E-state index is -3.91. The molecule has 1 aliphatic rings. The Bertz CT molecular complexity index is 447. The molecule has 0 aromatic heterocycles. The maximum absolute atomic E-state index is 11.9. The summed E-state index contributed by atoms with van der Waals surface area (Å²) in [7, 11) is -3.91. The highest BCUT2D eigenvalue weighted by molar-refractivity contribution is 7.89. The summed E-state index contributed by atoms with van der Waals surface area (Å²) in [5, 5.41) is 18.3. The van der Waals surface area contributed by atoms with Gasteiger partial charge in [-0.25, -0.2) is 8.42 Å². The SMILES string of the molecule is CCOC(=O)CCS(=O)(=O)N1C[C@H](O)C[C@H]1C(=O)O. The molecule has 0 aliphatic carbocycles. The first-order valence-corrected chi connectivity index (χ1v) is 7.45. The Morgan fingerprint density at radius 3 is 2.58 bits per heavy atom. The van der Waals surface area contributed by atoms with Gasteiger partial charge in [0.05, 0.1) is 24.9 Å². The Morgan fingerprint density at radius 2 is 2.05 bits per heavy atom. The first kappa shape index (κ1) is 15.9. The van der Waals surface area contributed by atoms with E-state index in [1.54, 1.807) is 6.92 Å². The Balaban J connectivity index is 2.71. The number of nitrogens with zero attached hydrogens (tertiary/aromatic N) is 1. The van der Waals surface area contributed by atoms with E-state index in [-0.39, 0.29) is 26.0 Å². The molecule has 2 atom stereocenters. The molecule has 110 valence electrons. The number of rotatable bonds is 6. The summed E-state index contributed by atoms with van der Waals surface area (Å²) >= 11 is 0. The zero-order valence-corrected chi connectivity index (χ0v) is 11.3. The summed E-state index contributed by atoms with van der Waals surface area (Å²) < 4.78 is 29.2. The van der Waals surface area contributed by atoms with Crippen LogP contribution in [0.4, 0.5) is 0 Å². The van der Waals surface area contributed by atoms with Crippen molar-refractivity contribution in [1.29, 1.82) is 0 Å². The van der Waals surface area contributed by atoms with Crippen molar-refractivity contribution < 1.29 is 33.0 Å². The fourth-order valence-corrected chi connectivity index (χ4v) is 3.50. The average Bonchev–Trinajstić information content (AvgIpc) is 2.70. The van der Waals surface area contributed by atoms with E-state index in [9.17, 15) is 23.1 Å². The molecule has 1 heterocycles. The Morgan fingerprint density at radius 1 is 1.42 bits per heavy atom. The van der Waals surface area contributed by atoms with E-state index in [0.29, 0.717) is 0 Å². The average molecular weight is 295 g/mol. The van der Waals surface area contributed by atoms with Crippen LogP contribution in [-0.4, -0.2) is 65.9 Å². The lowest BCUT2D eigenvalue weighted by Gasteiger charge is -2.20. The molecular weight excluding hydrogens is 278 g/mol. The summed E-state index contributed by atoms with van der Waals surface area (Å²) in [5.41, 5.74) is 0. The van der Waals surface area contributed by atoms with Gasteiger partial charge in [0.15, 0.2) is 0 Å². The van der Waals surface area contributed by atoms with E-state index < -0.39 is 39.9 Å². The minimum absolute atomic E-state index is 0.145. The van der Waals surface area contributed by atoms with Crippen LogP contribution in [0.25, 0.3) is 0 Å². The number of hydrogen-bond donors (Lipinski definition) is 2. The van der Waals surface area contributed by atoms with Gasteiger partial charge in [-0.2, -0.15) is 4.31 Å². The van der Waals surface area contributed by atoms with E-state index in [4.69, 9.17) is 5.11 Å². The summed E-state index contributed by atoms with van der Waals surface area (Å²) in [6.07, 6.45) is -1.48. The molecule has 9 heteroatoms. The highest BCUT2D eigenvalue weighted by atomic mass is 32.2. The van der Waals surface area contributed by atoms with Gasteiger partial charge in [-0.1, -0.05) is 0 Å². The van der Waals surface area contributed by atoms with Gasteiger partial charge in [0, 0.05) is 13.0 Å². The monoisotopic (exact) mass is 295 g/mol. The van der Waals surface area contributed by atoms with Crippen LogP contribution in [0.1, 0.15) is 19.8 Å². The molecule has 0 spiro atoms.